The normalized spacial score (nSPS) is 13.2. The maximum absolute atomic E-state index is 13.2. The minimum atomic E-state index is -1.10. The standard InChI is InChI=1S/C24H35N5O7/c1-8-35-22(31)18(13-20-25-16-12-15(29(33)34)9-10-19(16)28(20)7)26-21(30)17(11-14(2)3)27-23(32)36-24(4,5)6/h9-10,12,14,17-18H,8,11,13H2,1-7H3,(H,26,30)(H,27,32)/t17-,18-/m0/s1. The van der Waals surface area contributed by atoms with Crippen molar-refractivity contribution < 1.29 is 28.8 Å². The van der Waals surface area contributed by atoms with E-state index in [0.717, 1.165) is 0 Å². The Morgan fingerprint density at radius 1 is 1.17 bits per heavy atom. The fourth-order valence-corrected chi connectivity index (χ4v) is 3.58. The second kappa shape index (κ2) is 11.8. The average Bonchev–Trinajstić information content (AvgIpc) is 3.05. The maximum atomic E-state index is 13.2. The van der Waals surface area contributed by atoms with Crippen molar-refractivity contribution in [3.8, 4) is 0 Å². The molecule has 0 bridgehead atoms. The number of nitro benzene ring substituents is 1. The van der Waals surface area contributed by atoms with Crippen LogP contribution < -0.4 is 10.6 Å². The number of non-ortho nitro benzene ring substituents is 1. The molecule has 2 aromatic rings. The van der Waals surface area contributed by atoms with E-state index in [1.807, 2.05) is 13.8 Å². The predicted molar refractivity (Wildman–Crippen MR) is 132 cm³/mol. The Bertz CT molecular complexity index is 1120. The van der Waals surface area contributed by atoms with Gasteiger partial charge in [0.15, 0.2) is 0 Å². The molecule has 0 spiro atoms. The Balaban J connectivity index is 2.30. The van der Waals surface area contributed by atoms with Crippen LogP contribution in [0.15, 0.2) is 18.2 Å². The number of carbonyl (C=O) groups excluding carboxylic acids is 3. The van der Waals surface area contributed by atoms with Crippen molar-refractivity contribution in [2.24, 2.45) is 13.0 Å². The van der Waals surface area contributed by atoms with E-state index in [2.05, 4.69) is 15.6 Å². The molecule has 198 valence electrons. The number of nitro groups is 1. The molecule has 0 aliphatic carbocycles. The van der Waals surface area contributed by atoms with Gasteiger partial charge >= 0.3 is 12.1 Å². The first-order valence-electron chi connectivity index (χ1n) is 11.8. The summed E-state index contributed by atoms with van der Waals surface area (Å²) >= 11 is 0. The van der Waals surface area contributed by atoms with Crippen molar-refractivity contribution in [3.63, 3.8) is 0 Å². The third-order valence-electron chi connectivity index (χ3n) is 5.16. The zero-order chi connectivity index (χ0) is 27.2. The van der Waals surface area contributed by atoms with Crippen molar-refractivity contribution >= 4 is 34.7 Å². The van der Waals surface area contributed by atoms with E-state index in [1.165, 1.54) is 12.1 Å². The third-order valence-corrected chi connectivity index (χ3v) is 5.16. The van der Waals surface area contributed by atoms with Crippen LogP contribution in [0.3, 0.4) is 0 Å². The van der Waals surface area contributed by atoms with E-state index in [-0.39, 0.29) is 24.6 Å². The molecule has 2 rings (SSSR count). The highest BCUT2D eigenvalue weighted by Crippen LogP contribution is 2.22. The minimum Gasteiger partial charge on any atom is -0.464 e. The fourth-order valence-electron chi connectivity index (χ4n) is 3.58. The summed E-state index contributed by atoms with van der Waals surface area (Å²) in [7, 11) is 1.71. The van der Waals surface area contributed by atoms with Gasteiger partial charge in [0.05, 0.1) is 22.6 Å². The van der Waals surface area contributed by atoms with Crippen LogP contribution in [0.5, 0.6) is 0 Å². The maximum Gasteiger partial charge on any atom is 0.408 e. The monoisotopic (exact) mass is 505 g/mol. The van der Waals surface area contributed by atoms with E-state index < -0.39 is 40.6 Å². The first-order valence-corrected chi connectivity index (χ1v) is 11.8. The summed E-state index contributed by atoms with van der Waals surface area (Å²) in [6, 6.07) is 2.25. The number of alkyl carbamates (subject to hydrolysis) is 1. The molecule has 2 N–H and O–H groups in total. The van der Waals surface area contributed by atoms with E-state index in [0.29, 0.717) is 23.3 Å². The molecule has 36 heavy (non-hydrogen) atoms. The van der Waals surface area contributed by atoms with Crippen LogP contribution in [-0.2, 0) is 32.5 Å². The molecule has 2 atom stereocenters. The number of rotatable bonds is 10. The number of aromatic nitrogens is 2. The van der Waals surface area contributed by atoms with Gasteiger partial charge in [0.2, 0.25) is 5.91 Å². The Morgan fingerprint density at radius 3 is 2.39 bits per heavy atom. The lowest BCUT2D eigenvalue weighted by atomic mass is 10.0. The Labute approximate surface area is 209 Å². The molecule has 0 saturated carbocycles. The quantitative estimate of drug-likeness (QED) is 0.284. The van der Waals surface area contributed by atoms with Crippen LogP contribution >= 0.6 is 0 Å². The molecule has 1 aromatic carbocycles. The van der Waals surface area contributed by atoms with Gasteiger partial charge in [0.1, 0.15) is 23.5 Å². The summed E-state index contributed by atoms with van der Waals surface area (Å²) in [5.74, 6) is -0.747. The first-order chi connectivity index (χ1) is 16.7. The average molecular weight is 506 g/mol. The summed E-state index contributed by atoms with van der Waals surface area (Å²) < 4.78 is 12.1. The van der Waals surface area contributed by atoms with Crippen molar-refractivity contribution in [1.82, 2.24) is 20.2 Å². The lowest BCUT2D eigenvalue weighted by Gasteiger charge is -2.25. The molecule has 0 radical (unpaired) electrons. The van der Waals surface area contributed by atoms with Crippen molar-refractivity contribution in [3.05, 3.63) is 34.1 Å². The van der Waals surface area contributed by atoms with E-state index in [1.54, 1.807) is 45.4 Å². The van der Waals surface area contributed by atoms with Gasteiger partial charge in [-0.05, 0) is 46.1 Å². The van der Waals surface area contributed by atoms with Crippen molar-refractivity contribution in [2.45, 2.75) is 72.1 Å². The molecular weight excluding hydrogens is 470 g/mol. The summed E-state index contributed by atoms with van der Waals surface area (Å²) in [6.45, 7) is 10.7. The number of amides is 2. The second-order valence-corrected chi connectivity index (χ2v) is 9.86. The number of fused-ring (bicyclic) bond motifs is 1. The fraction of sp³-hybridized carbons (Fsp3) is 0.583. The lowest BCUT2D eigenvalue weighted by Crippen LogP contribution is -2.53. The first kappa shape index (κ1) is 28.5. The highest BCUT2D eigenvalue weighted by Gasteiger charge is 2.31. The number of nitrogens with zero attached hydrogens (tertiary/aromatic N) is 3. The molecule has 1 heterocycles. The van der Waals surface area contributed by atoms with E-state index >= 15 is 0 Å². The zero-order valence-electron chi connectivity index (χ0n) is 21.8. The van der Waals surface area contributed by atoms with Crippen LogP contribution in [0.4, 0.5) is 10.5 Å². The van der Waals surface area contributed by atoms with Gasteiger partial charge in [0.25, 0.3) is 5.69 Å². The third kappa shape index (κ3) is 7.92. The van der Waals surface area contributed by atoms with E-state index in [9.17, 15) is 24.5 Å². The Kier molecular flexibility index (Phi) is 9.37. The number of imidazole rings is 1. The van der Waals surface area contributed by atoms with Crippen LogP contribution in [0.1, 0.15) is 53.8 Å². The number of hydrogen-bond acceptors (Lipinski definition) is 8. The summed E-state index contributed by atoms with van der Waals surface area (Å²) in [5.41, 5.74) is 0.173. The lowest BCUT2D eigenvalue weighted by molar-refractivity contribution is -0.384. The van der Waals surface area contributed by atoms with Gasteiger partial charge in [0, 0.05) is 25.6 Å². The Hall–Kier alpha value is -3.70. The molecular formula is C24H35N5O7. The smallest absolute Gasteiger partial charge is 0.408 e. The minimum absolute atomic E-state index is 0.0234. The summed E-state index contributed by atoms with van der Waals surface area (Å²) in [4.78, 5) is 53.3. The molecule has 0 unspecified atom stereocenters. The number of nitrogens with one attached hydrogen (secondary N) is 2. The molecule has 0 saturated heterocycles. The number of carbonyl (C=O) groups is 3. The van der Waals surface area contributed by atoms with E-state index in [4.69, 9.17) is 9.47 Å². The second-order valence-electron chi connectivity index (χ2n) is 9.86. The van der Waals surface area contributed by atoms with Crippen LogP contribution in [0.2, 0.25) is 0 Å². The molecule has 2 amide bonds. The van der Waals surface area contributed by atoms with Crippen LogP contribution in [-0.4, -0.2) is 56.7 Å². The van der Waals surface area contributed by atoms with Gasteiger partial charge < -0.3 is 24.7 Å². The molecule has 0 aliphatic rings. The molecule has 0 fully saturated rings. The highest BCUT2D eigenvalue weighted by molar-refractivity contribution is 5.90. The number of aryl methyl sites for hydroxylation is 1. The number of hydrogen-bond donors (Lipinski definition) is 2. The van der Waals surface area contributed by atoms with Gasteiger partial charge in [-0.1, -0.05) is 13.8 Å². The van der Waals surface area contributed by atoms with Crippen molar-refractivity contribution in [1.29, 1.82) is 0 Å². The zero-order valence-corrected chi connectivity index (χ0v) is 21.8. The molecule has 0 aliphatic heterocycles. The number of benzene rings is 1. The SMILES string of the molecule is CCOC(=O)[C@H](Cc1nc2cc([N+](=O)[O-])ccc2n1C)NC(=O)[C@H](CC(C)C)NC(=O)OC(C)(C)C. The van der Waals surface area contributed by atoms with Gasteiger partial charge in [-0.2, -0.15) is 0 Å². The predicted octanol–water partition coefficient (Wildman–Crippen LogP) is 3.01. The Morgan fingerprint density at radius 2 is 1.83 bits per heavy atom. The number of ether oxygens (including phenoxy) is 2. The highest BCUT2D eigenvalue weighted by atomic mass is 16.6. The molecule has 1 aromatic heterocycles. The largest absolute Gasteiger partial charge is 0.464 e. The molecule has 12 nitrogen and oxygen atoms in total. The van der Waals surface area contributed by atoms with Crippen LogP contribution in [0.25, 0.3) is 11.0 Å². The van der Waals surface area contributed by atoms with Crippen molar-refractivity contribution in [2.75, 3.05) is 6.61 Å². The molecule has 12 heteroatoms. The number of esters is 1. The van der Waals surface area contributed by atoms with Crippen LogP contribution in [0, 0.1) is 16.0 Å². The van der Waals surface area contributed by atoms with Gasteiger partial charge in [-0.3, -0.25) is 14.9 Å². The topological polar surface area (TPSA) is 155 Å². The van der Waals surface area contributed by atoms with Gasteiger partial charge in [-0.25, -0.2) is 14.6 Å². The summed E-state index contributed by atoms with van der Waals surface area (Å²) in [6.07, 6.45) is -0.450. The van der Waals surface area contributed by atoms with Gasteiger partial charge in [-0.15, -0.1) is 0 Å². The summed E-state index contributed by atoms with van der Waals surface area (Å²) in [5, 5.41) is 16.4.